The van der Waals surface area contributed by atoms with Crippen LogP contribution >= 0.6 is 0 Å². The fourth-order valence-corrected chi connectivity index (χ4v) is 1.17. The summed E-state index contributed by atoms with van der Waals surface area (Å²) in [4.78, 5) is 0. The molecular weight excluding hydrogens is 273 g/mol. The maximum absolute atomic E-state index is 9.22. The largest absolute Gasteiger partial charge is 0.393 e. The van der Waals surface area contributed by atoms with Crippen LogP contribution < -0.4 is 0 Å². The van der Waals surface area contributed by atoms with Gasteiger partial charge in [0.05, 0.1) is 6.10 Å². The van der Waals surface area contributed by atoms with Crippen LogP contribution in [0.25, 0.3) is 0 Å². The van der Waals surface area contributed by atoms with Crippen molar-refractivity contribution in [2.75, 3.05) is 0 Å². The van der Waals surface area contributed by atoms with Gasteiger partial charge in [0, 0.05) is 25.4 Å². The quantitative estimate of drug-likeness (QED) is 0.773. The Kier molecular flexibility index (Phi) is 10.2. The first-order chi connectivity index (χ1) is 6.84. The van der Waals surface area contributed by atoms with E-state index in [1.54, 1.807) is 0 Å². The van der Waals surface area contributed by atoms with Gasteiger partial charge in [0.25, 0.3) is 0 Å². The first-order valence-electron chi connectivity index (χ1n) is 4.91. The minimum Gasteiger partial charge on any atom is -0.393 e. The van der Waals surface area contributed by atoms with E-state index in [1.165, 1.54) is 0 Å². The van der Waals surface area contributed by atoms with Crippen LogP contribution in [-0.2, 0) is 19.5 Å². The molecule has 0 bridgehead atoms. The molecule has 0 heterocycles. The van der Waals surface area contributed by atoms with Crippen LogP contribution in [0.3, 0.4) is 0 Å². The van der Waals surface area contributed by atoms with Gasteiger partial charge in [-0.05, 0) is 64.2 Å². The van der Waals surface area contributed by atoms with Crippen molar-refractivity contribution in [2.24, 2.45) is 0 Å². The topological polar surface area (TPSA) is 20.2 Å². The molecule has 2 rings (SSSR count). The summed E-state index contributed by atoms with van der Waals surface area (Å²) in [5.41, 5.74) is 0. The normalized spacial score (nSPS) is 22.8. The molecule has 1 N–H and O–H groups in total. The van der Waals surface area contributed by atoms with Gasteiger partial charge in [0.1, 0.15) is 0 Å². The van der Waals surface area contributed by atoms with Crippen molar-refractivity contribution in [1.29, 1.82) is 0 Å². The first-order valence-corrected chi connectivity index (χ1v) is 4.91. The molecule has 0 amide bonds. The van der Waals surface area contributed by atoms with E-state index in [-0.39, 0.29) is 25.6 Å². The molecule has 1 nitrogen and oxygen atoms in total. The van der Waals surface area contributed by atoms with Gasteiger partial charge in [-0.3, -0.25) is 0 Å². The molecule has 0 unspecified atom stereocenters. The predicted molar refractivity (Wildman–Crippen MR) is 58.2 cm³/mol. The van der Waals surface area contributed by atoms with Crippen molar-refractivity contribution in [3.05, 3.63) is 63.7 Å². The van der Waals surface area contributed by atoms with E-state index < -0.39 is 0 Å². The molecule has 82 valence electrons. The van der Waals surface area contributed by atoms with E-state index in [1.807, 2.05) is 64.7 Å². The molecule has 2 aliphatic carbocycles. The maximum atomic E-state index is 9.22. The van der Waals surface area contributed by atoms with Crippen molar-refractivity contribution in [2.45, 2.75) is 19.4 Å². The van der Waals surface area contributed by atoms with Crippen molar-refractivity contribution >= 4 is 0 Å². The number of aliphatic hydroxyl groups is 1. The van der Waals surface area contributed by atoms with Crippen LogP contribution in [0, 0.1) is 63.7 Å². The molecule has 2 fully saturated rings. The molecule has 10 radical (unpaired) electrons. The summed E-state index contributed by atoms with van der Waals surface area (Å²) < 4.78 is 0. The molecule has 0 aromatic heterocycles. The number of hydrogen-bond acceptors (Lipinski definition) is 1. The van der Waals surface area contributed by atoms with Crippen molar-refractivity contribution in [3.63, 3.8) is 0 Å². The summed E-state index contributed by atoms with van der Waals surface area (Å²) >= 11 is 0. The van der Waals surface area contributed by atoms with Crippen LogP contribution in [-0.4, -0.2) is 11.2 Å². The average molecular weight is 289 g/mol. The Hall–Kier alpha value is 0.583. The average Bonchev–Trinajstić information content (AvgIpc) is 2.91. The van der Waals surface area contributed by atoms with Crippen molar-refractivity contribution < 1.29 is 24.6 Å². The number of rotatable bonds is 2. The summed E-state index contributed by atoms with van der Waals surface area (Å²) in [6, 6.07) is 0. The predicted octanol–water partition coefficient (Wildman–Crippen LogP) is 2.18. The Labute approximate surface area is 108 Å². The molecule has 0 aliphatic heterocycles. The number of aliphatic hydroxyl groups excluding tert-OH is 1. The summed E-state index contributed by atoms with van der Waals surface area (Å²) in [5, 5.41) is 9.22. The third-order valence-electron chi connectivity index (χ3n) is 2.02. The van der Waals surface area contributed by atoms with Gasteiger partial charge in [-0.15, -0.1) is 0 Å². The van der Waals surface area contributed by atoms with E-state index >= 15 is 0 Å². The van der Waals surface area contributed by atoms with Gasteiger partial charge in [-0.1, -0.05) is 6.92 Å². The van der Waals surface area contributed by atoms with Crippen LogP contribution in [0.15, 0.2) is 0 Å². The Bertz CT molecular complexity index is 121. The monoisotopic (exact) mass is 290 g/mol. The SMILES string of the molecule is CC[C@@H](O)[C]1[CH][CH][CH][CH]1.[CH]1[CH][CH][CH][CH]1.[Ru]. The zero-order valence-corrected chi connectivity index (χ0v) is 10.5. The zero-order chi connectivity index (χ0) is 10.2. The molecule has 0 spiro atoms. The van der Waals surface area contributed by atoms with E-state index in [4.69, 9.17) is 0 Å². The third kappa shape index (κ3) is 6.69. The van der Waals surface area contributed by atoms with Crippen LogP contribution in [0.5, 0.6) is 0 Å². The van der Waals surface area contributed by atoms with E-state index in [0.717, 1.165) is 12.3 Å². The van der Waals surface area contributed by atoms with Crippen LogP contribution in [0.2, 0.25) is 0 Å². The first kappa shape index (κ1) is 15.6. The summed E-state index contributed by atoms with van der Waals surface area (Å²) in [5.74, 6) is 1.03. The Balaban J connectivity index is 0.000000280. The standard InChI is InChI=1S/C8H11O.C5H5.Ru/c1-2-8(9)7-5-3-4-6-7;1-2-4-5-3-1;/h3-6,8-9H,2H2,1H3;1-5H;/t8-;;/m1../s1. The third-order valence-corrected chi connectivity index (χ3v) is 2.02. The van der Waals surface area contributed by atoms with Gasteiger partial charge >= 0.3 is 0 Å². The van der Waals surface area contributed by atoms with Gasteiger partial charge in [0.15, 0.2) is 0 Å². The fourth-order valence-electron chi connectivity index (χ4n) is 1.17. The molecule has 0 saturated heterocycles. The number of hydrogen-bond donors (Lipinski definition) is 1. The summed E-state index contributed by atoms with van der Waals surface area (Å²) in [7, 11) is 0. The molecule has 2 heteroatoms. The second-order valence-corrected chi connectivity index (χ2v) is 3.10. The minimum absolute atomic E-state index is 0. The van der Waals surface area contributed by atoms with Crippen molar-refractivity contribution in [3.8, 4) is 0 Å². The second-order valence-electron chi connectivity index (χ2n) is 3.10. The molecule has 0 aromatic carbocycles. The molecule has 15 heavy (non-hydrogen) atoms. The Morgan fingerprint density at radius 1 is 0.933 bits per heavy atom. The second kappa shape index (κ2) is 9.78. The summed E-state index contributed by atoms with van der Waals surface area (Å²) in [6.07, 6.45) is 18.3. The maximum Gasteiger partial charge on any atom is 0.0606 e. The van der Waals surface area contributed by atoms with E-state index in [9.17, 15) is 5.11 Å². The molecule has 2 saturated carbocycles. The van der Waals surface area contributed by atoms with Crippen LogP contribution in [0.1, 0.15) is 13.3 Å². The Morgan fingerprint density at radius 2 is 1.33 bits per heavy atom. The fraction of sp³-hybridized carbons (Fsp3) is 0.231. The van der Waals surface area contributed by atoms with E-state index in [2.05, 4.69) is 0 Å². The van der Waals surface area contributed by atoms with Gasteiger partial charge in [-0.2, -0.15) is 0 Å². The molecule has 0 aromatic rings. The smallest absolute Gasteiger partial charge is 0.0606 e. The van der Waals surface area contributed by atoms with Gasteiger partial charge < -0.3 is 5.11 Å². The summed E-state index contributed by atoms with van der Waals surface area (Å²) in [6.45, 7) is 1.97. The van der Waals surface area contributed by atoms with Gasteiger partial charge in [-0.25, -0.2) is 0 Å². The Morgan fingerprint density at radius 3 is 1.67 bits per heavy atom. The molecule has 2 aliphatic rings. The minimum atomic E-state index is -0.264. The van der Waals surface area contributed by atoms with E-state index in [0.29, 0.717) is 0 Å². The van der Waals surface area contributed by atoms with Crippen LogP contribution in [0.4, 0.5) is 0 Å². The van der Waals surface area contributed by atoms with Gasteiger partial charge in [0.2, 0.25) is 0 Å². The zero-order valence-electron chi connectivity index (χ0n) is 8.78. The van der Waals surface area contributed by atoms with Crippen molar-refractivity contribution in [1.82, 2.24) is 0 Å². The molecular formula is C13H16ORu. The molecule has 1 atom stereocenters.